The Morgan fingerprint density at radius 1 is 1.26 bits per heavy atom. The van der Waals surface area contributed by atoms with Crippen molar-refractivity contribution in [3.8, 4) is 11.1 Å². The van der Waals surface area contributed by atoms with Crippen LogP contribution in [0.25, 0.3) is 11.1 Å². The van der Waals surface area contributed by atoms with Crippen LogP contribution in [-0.2, 0) is 13.0 Å². The van der Waals surface area contributed by atoms with Gasteiger partial charge in [-0.3, -0.25) is 15.8 Å². The fourth-order valence-corrected chi connectivity index (χ4v) is 3.15. The zero-order chi connectivity index (χ0) is 19.6. The molecule has 0 fully saturated rings. The van der Waals surface area contributed by atoms with Crippen molar-refractivity contribution in [1.29, 1.82) is 0 Å². The molecule has 0 saturated carbocycles. The molecule has 8 heteroatoms. The van der Waals surface area contributed by atoms with Gasteiger partial charge in [-0.25, -0.2) is 4.99 Å². The van der Waals surface area contributed by atoms with E-state index in [1.54, 1.807) is 0 Å². The molecule has 0 amide bonds. The molecule has 0 saturated heterocycles. The fourth-order valence-electron chi connectivity index (χ4n) is 3.15. The number of rotatable bonds is 5. The van der Waals surface area contributed by atoms with Gasteiger partial charge in [-0.2, -0.15) is 0 Å². The van der Waals surface area contributed by atoms with Crippen molar-refractivity contribution >= 4 is 5.84 Å². The molecule has 8 nitrogen and oxygen atoms in total. The van der Waals surface area contributed by atoms with Crippen LogP contribution in [0.2, 0.25) is 0 Å². The lowest BCUT2D eigenvalue weighted by atomic mass is 9.92. The van der Waals surface area contributed by atoms with Crippen LogP contribution in [0.15, 0.2) is 59.4 Å². The highest BCUT2D eigenvalue weighted by Gasteiger charge is 2.32. The second kappa shape index (κ2) is 7.18. The second-order valence-corrected chi connectivity index (χ2v) is 6.52. The summed E-state index contributed by atoms with van der Waals surface area (Å²) in [5, 5.41) is 13.7. The van der Waals surface area contributed by atoms with Crippen molar-refractivity contribution in [2.45, 2.75) is 25.7 Å². The Morgan fingerprint density at radius 3 is 2.67 bits per heavy atom. The van der Waals surface area contributed by atoms with Gasteiger partial charge in [0.25, 0.3) is 0 Å². The van der Waals surface area contributed by atoms with E-state index in [4.69, 9.17) is 17.2 Å². The summed E-state index contributed by atoms with van der Waals surface area (Å²) in [6.45, 7) is 2.48. The Morgan fingerprint density at radius 2 is 2.00 bits per heavy atom. The quantitative estimate of drug-likeness (QED) is 0.464. The lowest BCUT2D eigenvalue weighted by Gasteiger charge is -2.29. The first-order chi connectivity index (χ1) is 12.8. The predicted octanol–water partition coefficient (Wildman–Crippen LogP) is 1.35. The number of nitrogens with one attached hydrogen (secondary N) is 1. The SMILES string of the molecule is Cc1c(CC2(N)N=C(N)C([N+](=O)[O-])=CN2)cccc1-c1cccc(CN)c1. The molecule has 1 aliphatic heterocycles. The molecule has 1 aliphatic rings. The van der Waals surface area contributed by atoms with Crippen molar-refractivity contribution in [1.82, 2.24) is 5.32 Å². The summed E-state index contributed by atoms with van der Waals surface area (Å²) in [5.74, 6) is -1.43. The van der Waals surface area contributed by atoms with E-state index in [-0.39, 0.29) is 11.5 Å². The van der Waals surface area contributed by atoms with E-state index in [0.29, 0.717) is 13.0 Å². The highest BCUT2D eigenvalue weighted by atomic mass is 16.6. The minimum atomic E-state index is -1.24. The zero-order valence-corrected chi connectivity index (χ0v) is 15.0. The van der Waals surface area contributed by atoms with Gasteiger partial charge in [-0.15, -0.1) is 0 Å². The van der Waals surface area contributed by atoms with Gasteiger partial charge in [0.2, 0.25) is 5.84 Å². The average molecular weight is 366 g/mol. The second-order valence-electron chi connectivity index (χ2n) is 6.52. The van der Waals surface area contributed by atoms with E-state index < -0.39 is 10.7 Å². The predicted molar refractivity (Wildman–Crippen MR) is 105 cm³/mol. The van der Waals surface area contributed by atoms with Crippen LogP contribution >= 0.6 is 0 Å². The molecule has 1 heterocycles. The maximum atomic E-state index is 10.9. The molecule has 7 N–H and O–H groups in total. The van der Waals surface area contributed by atoms with E-state index in [1.165, 1.54) is 6.20 Å². The van der Waals surface area contributed by atoms with Crippen molar-refractivity contribution in [3.63, 3.8) is 0 Å². The Bertz CT molecular complexity index is 953. The number of nitro groups is 1. The number of nitrogens with zero attached hydrogens (tertiary/aromatic N) is 2. The summed E-state index contributed by atoms with van der Waals surface area (Å²) in [6, 6.07) is 14.0. The Kier molecular flexibility index (Phi) is 4.93. The molecular weight excluding hydrogens is 344 g/mol. The van der Waals surface area contributed by atoms with Crippen LogP contribution < -0.4 is 22.5 Å². The molecule has 0 aliphatic carbocycles. The number of hydrogen-bond acceptors (Lipinski definition) is 7. The number of nitrogens with two attached hydrogens (primary N) is 3. The molecule has 1 atom stereocenters. The highest BCUT2D eigenvalue weighted by molar-refractivity contribution is 5.95. The largest absolute Gasteiger partial charge is 0.378 e. The molecule has 2 aromatic rings. The molecule has 27 heavy (non-hydrogen) atoms. The van der Waals surface area contributed by atoms with E-state index in [9.17, 15) is 10.1 Å². The maximum Gasteiger partial charge on any atom is 0.326 e. The summed E-state index contributed by atoms with van der Waals surface area (Å²) in [5.41, 5.74) is 22.7. The highest BCUT2D eigenvalue weighted by Crippen LogP contribution is 2.28. The molecule has 0 radical (unpaired) electrons. The molecule has 3 rings (SSSR count). The number of benzene rings is 2. The normalized spacial score (nSPS) is 19.1. The summed E-state index contributed by atoms with van der Waals surface area (Å²) in [7, 11) is 0. The first-order valence-corrected chi connectivity index (χ1v) is 8.47. The first kappa shape index (κ1) is 18.6. The van der Waals surface area contributed by atoms with Gasteiger partial charge >= 0.3 is 5.70 Å². The topological polar surface area (TPSA) is 146 Å². The van der Waals surface area contributed by atoms with Gasteiger partial charge < -0.3 is 16.8 Å². The number of aliphatic imine (C=N–C) groups is 1. The van der Waals surface area contributed by atoms with Gasteiger partial charge in [-0.05, 0) is 40.8 Å². The van der Waals surface area contributed by atoms with E-state index in [2.05, 4.69) is 16.4 Å². The minimum Gasteiger partial charge on any atom is -0.378 e. The van der Waals surface area contributed by atoms with Crippen LogP contribution in [0.4, 0.5) is 0 Å². The van der Waals surface area contributed by atoms with Crippen LogP contribution in [0, 0.1) is 17.0 Å². The van der Waals surface area contributed by atoms with Crippen LogP contribution in [0.5, 0.6) is 0 Å². The molecule has 0 aromatic heterocycles. The van der Waals surface area contributed by atoms with Crippen molar-refractivity contribution in [2.75, 3.05) is 0 Å². The third-order valence-electron chi connectivity index (χ3n) is 4.62. The molecule has 1 unspecified atom stereocenters. The molecule has 2 aromatic carbocycles. The van der Waals surface area contributed by atoms with Crippen molar-refractivity contribution < 1.29 is 4.92 Å². The third-order valence-corrected chi connectivity index (χ3v) is 4.62. The third kappa shape index (κ3) is 3.81. The first-order valence-electron chi connectivity index (χ1n) is 8.47. The maximum absolute atomic E-state index is 10.9. The van der Waals surface area contributed by atoms with Crippen LogP contribution in [-0.4, -0.2) is 16.5 Å². The minimum absolute atomic E-state index is 0.189. The lowest BCUT2D eigenvalue weighted by molar-refractivity contribution is -0.416. The Hall–Kier alpha value is -3.23. The molecule has 0 bridgehead atoms. The van der Waals surface area contributed by atoms with Gasteiger partial charge in [0, 0.05) is 13.0 Å². The Labute approximate surface area is 156 Å². The summed E-state index contributed by atoms with van der Waals surface area (Å²) in [6.07, 6.45) is 1.53. The smallest absolute Gasteiger partial charge is 0.326 e. The van der Waals surface area contributed by atoms with Gasteiger partial charge in [0.1, 0.15) is 0 Å². The monoisotopic (exact) mass is 366 g/mol. The molecule has 140 valence electrons. The summed E-state index contributed by atoms with van der Waals surface area (Å²) in [4.78, 5) is 14.5. The molecule has 0 spiro atoms. The van der Waals surface area contributed by atoms with Crippen molar-refractivity contribution in [2.24, 2.45) is 22.2 Å². The number of amidine groups is 1. The summed E-state index contributed by atoms with van der Waals surface area (Å²) < 4.78 is 0. The standard InChI is InChI=1S/C19H22N6O2/c1-12-15(9-19(22)23-11-17(25(26)27)18(21)24-19)6-3-7-16(12)14-5-2-4-13(8-14)10-20/h2-8,11,23H,9-10,20,22H2,1H3,(H2,21,24). The van der Waals surface area contributed by atoms with Gasteiger partial charge in [-0.1, -0.05) is 36.4 Å². The van der Waals surface area contributed by atoms with E-state index >= 15 is 0 Å². The van der Waals surface area contributed by atoms with Gasteiger partial charge in [0.05, 0.1) is 11.1 Å². The van der Waals surface area contributed by atoms with E-state index in [0.717, 1.165) is 27.8 Å². The van der Waals surface area contributed by atoms with Crippen molar-refractivity contribution in [3.05, 3.63) is 81.2 Å². The zero-order valence-electron chi connectivity index (χ0n) is 15.0. The van der Waals surface area contributed by atoms with Gasteiger partial charge in [0.15, 0.2) is 5.79 Å². The van der Waals surface area contributed by atoms with E-state index in [1.807, 2.05) is 43.3 Å². The Balaban J connectivity index is 1.92. The average Bonchev–Trinajstić information content (AvgIpc) is 2.63. The summed E-state index contributed by atoms with van der Waals surface area (Å²) >= 11 is 0. The number of hydrogen-bond donors (Lipinski definition) is 4. The molecular formula is C19H22N6O2. The lowest BCUT2D eigenvalue weighted by Crippen LogP contribution is -2.55. The fraction of sp³-hybridized carbons (Fsp3) is 0.211. The van der Waals surface area contributed by atoms with Crippen LogP contribution in [0.1, 0.15) is 16.7 Å². The van der Waals surface area contributed by atoms with Crippen LogP contribution in [0.3, 0.4) is 0 Å².